The average molecular weight is 331 g/mol. The van der Waals surface area contributed by atoms with Gasteiger partial charge in [0.1, 0.15) is 11.9 Å². The summed E-state index contributed by atoms with van der Waals surface area (Å²) in [6.45, 7) is 6.87. The van der Waals surface area contributed by atoms with Gasteiger partial charge in [-0.2, -0.15) is 4.98 Å². The van der Waals surface area contributed by atoms with Crippen LogP contribution in [0.5, 0.6) is 0 Å². The van der Waals surface area contributed by atoms with E-state index >= 15 is 0 Å². The van der Waals surface area contributed by atoms with Crippen LogP contribution in [0.1, 0.15) is 52.0 Å². The van der Waals surface area contributed by atoms with Gasteiger partial charge in [0.25, 0.3) is 0 Å². The number of carbonyl (C=O) groups excluding carboxylic acids is 1. The molecule has 3 rings (SSSR count). The van der Waals surface area contributed by atoms with Crippen LogP contribution >= 0.6 is 0 Å². The van der Waals surface area contributed by atoms with Gasteiger partial charge in [-0.1, -0.05) is 25.9 Å². The first kappa shape index (κ1) is 16.6. The minimum absolute atomic E-state index is 0.0572. The van der Waals surface area contributed by atoms with Gasteiger partial charge in [-0.05, 0) is 42.5 Å². The van der Waals surface area contributed by atoms with Crippen LogP contribution in [0.2, 0.25) is 0 Å². The van der Waals surface area contributed by atoms with Crippen molar-refractivity contribution in [3.05, 3.63) is 36.0 Å². The van der Waals surface area contributed by atoms with Gasteiger partial charge >= 0.3 is 0 Å². The summed E-state index contributed by atoms with van der Waals surface area (Å²) in [6, 6.07) is 5.78. The van der Waals surface area contributed by atoms with E-state index in [1.54, 1.807) is 12.1 Å². The maximum Gasteiger partial charge on any atom is 0.249 e. The Hall–Kier alpha value is -2.24. The third-order valence-electron chi connectivity index (χ3n) is 4.08. The molecule has 1 amide bonds. The number of likely N-dealkylation sites (tertiary alicyclic amines) is 1. The Balaban J connectivity index is 1.78. The van der Waals surface area contributed by atoms with Gasteiger partial charge < -0.3 is 9.42 Å². The van der Waals surface area contributed by atoms with Crippen molar-refractivity contribution >= 4 is 5.91 Å². The second-order valence-corrected chi connectivity index (χ2v) is 7.45. The standard InChI is InChI=1S/C18H22FN3O2/c1-18(2,3)11-15(23)22-10-4-5-14(22)17-20-16(21-24-17)12-6-8-13(19)9-7-12/h6-9,14H,4-5,10-11H2,1-3H3/t14-/m0/s1. The van der Waals surface area contributed by atoms with Crippen LogP contribution in [0.25, 0.3) is 11.4 Å². The zero-order valence-electron chi connectivity index (χ0n) is 14.3. The van der Waals surface area contributed by atoms with Gasteiger partial charge in [-0.25, -0.2) is 4.39 Å². The Morgan fingerprint density at radius 1 is 1.33 bits per heavy atom. The van der Waals surface area contributed by atoms with Crippen molar-refractivity contribution < 1.29 is 13.7 Å². The Labute approximate surface area is 140 Å². The average Bonchev–Trinajstić information content (AvgIpc) is 3.15. The van der Waals surface area contributed by atoms with Crippen molar-refractivity contribution in [1.29, 1.82) is 0 Å². The summed E-state index contributed by atoms with van der Waals surface area (Å²) in [5.74, 6) is 0.679. The molecule has 1 fully saturated rings. The van der Waals surface area contributed by atoms with Crippen molar-refractivity contribution in [2.45, 2.75) is 46.1 Å². The molecule has 0 radical (unpaired) electrons. The molecule has 0 bridgehead atoms. The quantitative estimate of drug-likeness (QED) is 0.854. The van der Waals surface area contributed by atoms with Crippen LogP contribution in [0.4, 0.5) is 4.39 Å². The van der Waals surface area contributed by atoms with Gasteiger partial charge in [-0.15, -0.1) is 0 Å². The molecule has 0 spiro atoms. The molecule has 6 heteroatoms. The highest BCUT2D eigenvalue weighted by Crippen LogP contribution is 2.34. The molecular weight excluding hydrogens is 309 g/mol. The minimum atomic E-state index is -0.308. The first-order valence-electron chi connectivity index (χ1n) is 8.22. The van der Waals surface area contributed by atoms with E-state index in [-0.39, 0.29) is 23.2 Å². The molecule has 1 saturated heterocycles. The van der Waals surface area contributed by atoms with Crippen LogP contribution in [0.15, 0.2) is 28.8 Å². The predicted octanol–water partition coefficient (Wildman–Crippen LogP) is 3.98. The largest absolute Gasteiger partial charge is 0.337 e. The highest BCUT2D eigenvalue weighted by Gasteiger charge is 2.35. The Morgan fingerprint density at radius 2 is 2.04 bits per heavy atom. The van der Waals surface area contributed by atoms with E-state index in [0.29, 0.717) is 30.2 Å². The van der Waals surface area contributed by atoms with Gasteiger partial charge in [0.15, 0.2) is 0 Å². The molecule has 1 aromatic carbocycles. The van der Waals surface area contributed by atoms with Crippen LogP contribution in [-0.4, -0.2) is 27.5 Å². The lowest BCUT2D eigenvalue weighted by atomic mass is 9.91. The molecule has 0 aliphatic carbocycles. The first-order valence-corrected chi connectivity index (χ1v) is 8.22. The number of halogens is 1. The predicted molar refractivity (Wildman–Crippen MR) is 87.5 cm³/mol. The lowest BCUT2D eigenvalue weighted by Gasteiger charge is -2.26. The molecule has 1 aliphatic rings. The summed E-state index contributed by atoms with van der Waals surface area (Å²) in [7, 11) is 0. The Morgan fingerprint density at radius 3 is 2.71 bits per heavy atom. The second-order valence-electron chi connectivity index (χ2n) is 7.45. The number of rotatable bonds is 3. The van der Waals surface area contributed by atoms with Crippen molar-refractivity contribution in [2.75, 3.05) is 6.54 Å². The van der Waals surface area contributed by atoms with E-state index in [9.17, 15) is 9.18 Å². The third kappa shape index (κ3) is 3.63. The summed E-state index contributed by atoms with van der Waals surface area (Å²) < 4.78 is 18.4. The van der Waals surface area contributed by atoms with Crippen molar-refractivity contribution in [3.63, 3.8) is 0 Å². The number of hydrogen-bond acceptors (Lipinski definition) is 4. The lowest BCUT2D eigenvalue weighted by molar-refractivity contribution is -0.134. The first-order chi connectivity index (χ1) is 11.3. The maximum absolute atomic E-state index is 13.0. The van der Waals surface area contributed by atoms with Crippen LogP contribution in [0.3, 0.4) is 0 Å². The summed E-state index contributed by atoms with van der Waals surface area (Å²) in [5.41, 5.74) is 0.634. The smallest absolute Gasteiger partial charge is 0.249 e. The van der Waals surface area contributed by atoms with Crippen molar-refractivity contribution in [3.8, 4) is 11.4 Å². The summed E-state index contributed by atoms with van der Waals surface area (Å²) in [4.78, 5) is 18.8. The van der Waals surface area contributed by atoms with E-state index in [0.717, 1.165) is 12.8 Å². The van der Waals surface area contributed by atoms with E-state index in [4.69, 9.17) is 4.52 Å². The molecule has 0 N–H and O–H groups in total. The monoisotopic (exact) mass is 331 g/mol. The van der Waals surface area contributed by atoms with E-state index in [2.05, 4.69) is 30.9 Å². The molecule has 0 unspecified atom stereocenters. The number of carbonyl (C=O) groups is 1. The highest BCUT2D eigenvalue weighted by molar-refractivity contribution is 5.77. The fraction of sp³-hybridized carbons (Fsp3) is 0.500. The Bertz CT molecular complexity index is 719. The molecule has 5 nitrogen and oxygen atoms in total. The molecule has 24 heavy (non-hydrogen) atoms. The molecule has 128 valence electrons. The topological polar surface area (TPSA) is 59.2 Å². The van der Waals surface area contributed by atoms with Gasteiger partial charge in [-0.3, -0.25) is 4.79 Å². The number of hydrogen-bond donors (Lipinski definition) is 0. The minimum Gasteiger partial charge on any atom is -0.337 e. The fourth-order valence-electron chi connectivity index (χ4n) is 2.96. The second kappa shape index (κ2) is 6.34. The fourth-order valence-corrected chi connectivity index (χ4v) is 2.96. The third-order valence-corrected chi connectivity index (χ3v) is 4.08. The number of nitrogens with zero attached hydrogens (tertiary/aromatic N) is 3. The van der Waals surface area contributed by atoms with E-state index in [1.165, 1.54) is 12.1 Å². The summed E-state index contributed by atoms with van der Waals surface area (Å²) in [5, 5.41) is 3.98. The van der Waals surface area contributed by atoms with Crippen LogP contribution < -0.4 is 0 Å². The molecule has 1 atom stereocenters. The number of aromatic nitrogens is 2. The molecular formula is C18H22FN3O2. The van der Waals surface area contributed by atoms with Gasteiger partial charge in [0.05, 0.1) is 0 Å². The van der Waals surface area contributed by atoms with Crippen LogP contribution in [0, 0.1) is 11.2 Å². The van der Waals surface area contributed by atoms with E-state index < -0.39 is 0 Å². The zero-order valence-corrected chi connectivity index (χ0v) is 14.3. The molecule has 1 aromatic heterocycles. The zero-order chi connectivity index (χ0) is 17.3. The van der Waals surface area contributed by atoms with Crippen molar-refractivity contribution in [1.82, 2.24) is 15.0 Å². The maximum atomic E-state index is 13.0. The Kier molecular flexibility index (Phi) is 4.39. The molecule has 2 heterocycles. The molecule has 0 saturated carbocycles. The van der Waals surface area contributed by atoms with Crippen molar-refractivity contribution in [2.24, 2.45) is 5.41 Å². The molecule has 1 aliphatic heterocycles. The van der Waals surface area contributed by atoms with E-state index in [1.807, 2.05) is 4.90 Å². The summed E-state index contributed by atoms with van der Waals surface area (Å²) >= 11 is 0. The molecule has 2 aromatic rings. The number of amides is 1. The van der Waals surface area contributed by atoms with Gasteiger partial charge in [0, 0.05) is 18.5 Å². The van der Waals surface area contributed by atoms with Gasteiger partial charge in [0.2, 0.25) is 17.6 Å². The lowest BCUT2D eigenvalue weighted by Crippen LogP contribution is -2.33. The normalized spacial score (nSPS) is 18.2. The summed E-state index contributed by atoms with van der Waals surface area (Å²) in [6.07, 6.45) is 2.23. The van der Waals surface area contributed by atoms with Crippen LogP contribution in [-0.2, 0) is 4.79 Å². The number of benzene rings is 1. The highest BCUT2D eigenvalue weighted by atomic mass is 19.1. The SMILES string of the molecule is CC(C)(C)CC(=O)N1CCC[C@H]1c1nc(-c2ccc(F)cc2)no1.